The molecule has 29 heavy (non-hydrogen) atoms. The highest BCUT2D eigenvalue weighted by molar-refractivity contribution is 5.81. The maximum atomic E-state index is 12.5. The van der Waals surface area contributed by atoms with Gasteiger partial charge in [-0.15, -0.1) is 0 Å². The number of aromatic nitrogens is 2. The fourth-order valence-corrected chi connectivity index (χ4v) is 2.77. The van der Waals surface area contributed by atoms with E-state index in [9.17, 15) is 4.79 Å². The van der Waals surface area contributed by atoms with E-state index in [1.54, 1.807) is 7.11 Å². The van der Waals surface area contributed by atoms with Crippen LogP contribution in [0.5, 0.6) is 11.5 Å². The van der Waals surface area contributed by atoms with Gasteiger partial charge in [-0.05, 0) is 42.7 Å². The molecule has 3 rings (SSSR count). The molecule has 1 N–H and O–H groups in total. The smallest absolute Gasteiger partial charge is 0.261 e. The van der Waals surface area contributed by atoms with Crippen LogP contribution in [-0.4, -0.2) is 29.3 Å². The van der Waals surface area contributed by atoms with E-state index in [2.05, 4.69) is 22.4 Å². The normalized spacial score (nSPS) is 11.7. The Labute approximate surface area is 170 Å². The molecule has 0 spiro atoms. The average Bonchev–Trinajstić information content (AvgIpc) is 3.25. The van der Waals surface area contributed by atoms with Gasteiger partial charge in [-0.3, -0.25) is 4.79 Å². The van der Waals surface area contributed by atoms with Gasteiger partial charge in [-0.25, -0.2) is 0 Å². The second-order valence-corrected chi connectivity index (χ2v) is 6.47. The number of aryl methyl sites for hydroxylation is 1. The van der Waals surface area contributed by atoms with Crippen molar-refractivity contribution in [3.63, 3.8) is 0 Å². The molecule has 7 heteroatoms. The monoisotopic (exact) mass is 395 g/mol. The van der Waals surface area contributed by atoms with Gasteiger partial charge in [-0.1, -0.05) is 43.3 Å². The molecule has 0 unspecified atom stereocenters. The number of methoxy groups -OCH3 is 1. The van der Waals surface area contributed by atoms with Crippen molar-refractivity contribution in [2.45, 2.75) is 39.3 Å². The third-order valence-electron chi connectivity index (χ3n) is 4.48. The second-order valence-electron chi connectivity index (χ2n) is 6.47. The van der Waals surface area contributed by atoms with Crippen molar-refractivity contribution < 1.29 is 18.8 Å². The summed E-state index contributed by atoms with van der Waals surface area (Å²) in [6, 6.07) is 15.1. The summed E-state index contributed by atoms with van der Waals surface area (Å²) in [5.74, 6) is 1.90. The molecule has 0 fully saturated rings. The van der Waals surface area contributed by atoms with Crippen LogP contribution in [0.1, 0.15) is 31.7 Å². The Balaban J connectivity index is 1.58. The van der Waals surface area contributed by atoms with Gasteiger partial charge in [0.05, 0.1) is 13.7 Å². The molecule has 1 heterocycles. The van der Waals surface area contributed by atoms with Crippen molar-refractivity contribution in [1.29, 1.82) is 0 Å². The quantitative estimate of drug-likeness (QED) is 0.593. The van der Waals surface area contributed by atoms with Gasteiger partial charge in [0, 0.05) is 5.56 Å². The Hall–Kier alpha value is -3.35. The Morgan fingerprint density at radius 3 is 2.62 bits per heavy atom. The fraction of sp³-hybridized carbons (Fsp3) is 0.318. The molecular weight excluding hydrogens is 370 g/mol. The van der Waals surface area contributed by atoms with Gasteiger partial charge in [0.2, 0.25) is 11.7 Å². The van der Waals surface area contributed by atoms with Crippen LogP contribution in [0.3, 0.4) is 0 Å². The van der Waals surface area contributed by atoms with E-state index < -0.39 is 6.10 Å². The molecule has 0 bridgehead atoms. The van der Waals surface area contributed by atoms with Crippen molar-refractivity contribution >= 4 is 5.91 Å². The summed E-state index contributed by atoms with van der Waals surface area (Å²) in [6.45, 7) is 4.12. The van der Waals surface area contributed by atoms with Crippen molar-refractivity contribution in [1.82, 2.24) is 15.5 Å². The van der Waals surface area contributed by atoms with E-state index >= 15 is 0 Å². The van der Waals surface area contributed by atoms with Gasteiger partial charge in [-0.2, -0.15) is 4.98 Å². The summed E-state index contributed by atoms with van der Waals surface area (Å²) in [5.41, 5.74) is 1.99. The lowest BCUT2D eigenvalue weighted by Gasteiger charge is -2.17. The standard InChI is InChI=1S/C22H25N3O4/c1-4-15-9-11-17(12-10-15)28-19(5-2)22(26)23-14-20-24-21(25-29-20)16-7-6-8-18(13-16)27-3/h6-13,19H,4-5,14H2,1-3H3,(H,23,26)/t19-/m1/s1. The number of carbonyl (C=O) groups excluding carboxylic acids is 1. The number of nitrogens with zero attached hydrogens (tertiary/aromatic N) is 2. The molecular formula is C22H25N3O4. The number of amides is 1. The molecule has 0 saturated carbocycles. The van der Waals surface area contributed by atoms with Crippen molar-refractivity contribution in [2.75, 3.05) is 7.11 Å². The molecule has 152 valence electrons. The van der Waals surface area contributed by atoms with E-state index in [0.29, 0.717) is 29.6 Å². The fourth-order valence-electron chi connectivity index (χ4n) is 2.77. The van der Waals surface area contributed by atoms with E-state index in [0.717, 1.165) is 12.0 Å². The molecule has 0 aliphatic heterocycles. The summed E-state index contributed by atoms with van der Waals surface area (Å²) in [4.78, 5) is 16.8. The summed E-state index contributed by atoms with van der Waals surface area (Å²) in [7, 11) is 1.60. The first-order valence-corrected chi connectivity index (χ1v) is 9.63. The lowest BCUT2D eigenvalue weighted by atomic mass is 10.2. The largest absolute Gasteiger partial charge is 0.497 e. The zero-order valence-corrected chi connectivity index (χ0v) is 16.8. The first-order chi connectivity index (χ1) is 14.1. The Morgan fingerprint density at radius 2 is 1.93 bits per heavy atom. The zero-order valence-electron chi connectivity index (χ0n) is 16.8. The van der Waals surface area contributed by atoms with Crippen LogP contribution in [-0.2, 0) is 17.8 Å². The number of carbonyl (C=O) groups is 1. The zero-order chi connectivity index (χ0) is 20.6. The van der Waals surface area contributed by atoms with Crippen LogP contribution >= 0.6 is 0 Å². The van der Waals surface area contributed by atoms with Gasteiger partial charge in [0.1, 0.15) is 11.5 Å². The van der Waals surface area contributed by atoms with Crippen LogP contribution in [0.15, 0.2) is 53.1 Å². The molecule has 7 nitrogen and oxygen atoms in total. The van der Waals surface area contributed by atoms with E-state index in [4.69, 9.17) is 14.0 Å². The highest BCUT2D eigenvalue weighted by Gasteiger charge is 2.19. The van der Waals surface area contributed by atoms with Gasteiger partial charge >= 0.3 is 0 Å². The molecule has 0 aliphatic carbocycles. The lowest BCUT2D eigenvalue weighted by Crippen LogP contribution is -2.37. The number of nitrogens with one attached hydrogen (secondary N) is 1. The molecule has 1 atom stereocenters. The molecule has 1 aromatic heterocycles. The second kappa shape index (κ2) is 9.73. The van der Waals surface area contributed by atoms with Crippen LogP contribution in [0.2, 0.25) is 0 Å². The number of ether oxygens (including phenoxy) is 2. The van der Waals surface area contributed by atoms with Crippen molar-refractivity contribution in [3.05, 3.63) is 60.0 Å². The summed E-state index contributed by atoms with van der Waals surface area (Å²) < 4.78 is 16.3. The third-order valence-corrected chi connectivity index (χ3v) is 4.48. The van der Waals surface area contributed by atoms with E-state index in [1.807, 2.05) is 55.5 Å². The minimum absolute atomic E-state index is 0.129. The lowest BCUT2D eigenvalue weighted by molar-refractivity contribution is -0.128. The third kappa shape index (κ3) is 5.34. The van der Waals surface area contributed by atoms with Crippen LogP contribution < -0.4 is 14.8 Å². The molecule has 1 amide bonds. The topological polar surface area (TPSA) is 86.5 Å². The van der Waals surface area contributed by atoms with E-state index in [1.165, 1.54) is 5.56 Å². The summed E-state index contributed by atoms with van der Waals surface area (Å²) in [5, 5.41) is 6.76. The molecule has 0 radical (unpaired) electrons. The molecule has 0 saturated heterocycles. The average molecular weight is 395 g/mol. The highest BCUT2D eigenvalue weighted by Crippen LogP contribution is 2.21. The van der Waals surface area contributed by atoms with Gasteiger partial charge < -0.3 is 19.3 Å². The number of rotatable bonds is 9. The number of benzene rings is 2. The number of hydrogen-bond donors (Lipinski definition) is 1. The maximum Gasteiger partial charge on any atom is 0.261 e. The van der Waals surface area contributed by atoms with E-state index in [-0.39, 0.29) is 12.5 Å². The molecule has 2 aromatic carbocycles. The minimum atomic E-state index is -0.594. The number of hydrogen-bond acceptors (Lipinski definition) is 6. The van der Waals surface area contributed by atoms with Crippen LogP contribution in [0.25, 0.3) is 11.4 Å². The van der Waals surface area contributed by atoms with Crippen molar-refractivity contribution in [2.24, 2.45) is 0 Å². The molecule has 3 aromatic rings. The minimum Gasteiger partial charge on any atom is -0.497 e. The Morgan fingerprint density at radius 1 is 1.14 bits per heavy atom. The van der Waals surface area contributed by atoms with Gasteiger partial charge in [0.15, 0.2) is 6.10 Å². The summed E-state index contributed by atoms with van der Waals surface area (Å²) >= 11 is 0. The van der Waals surface area contributed by atoms with Crippen LogP contribution in [0, 0.1) is 0 Å². The first-order valence-electron chi connectivity index (χ1n) is 9.63. The Bertz CT molecular complexity index is 937. The van der Waals surface area contributed by atoms with Gasteiger partial charge in [0.25, 0.3) is 5.91 Å². The predicted molar refractivity (Wildman–Crippen MR) is 109 cm³/mol. The highest BCUT2D eigenvalue weighted by atomic mass is 16.5. The maximum absolute atomic E-state index is 12.5. The predicted octanol–water partition coefficient (Wildman–Crippen LogP) is 3.78. The molecule has 0 aliphatic rings. The Kier molecular flexibility index (Phi) is 6.84. The van der Waals surface area contributed by atoms with Crippen molar-refractivity contribution in [3.8, 4) is 22.9 Å². The SMILES string of the molecule is CCc1ccc(O[C@H](CC)C(=O)NCc2nc(-c3cccc(OC)c3)no2)cc1. The summed E-state index contributed by atoms with van der Waals surface area (Å²) in [6.07, 6.45) is 0.906. The van der Waals surface area contributed by atoms with Crippen LogP contribution in [0.4, 0.5) is 0 Å². The first kappa shape index (κ1) is 20.4.